The fraction of sp³-hybridized carbons (Fsp3) is 1.00. The average Bonchev–Trinajstić information content (AvgIpc) is 2.45. The minimum atomic E-state index is -1.63. The zero-order valence-corrected chi connectivity index (χ0v) is 11.0. The highest BCUT2D eigenvalue weighted by molar-refractivity contribution is 4.87. The molecule has 120 valence electrons. The van der Waals surface area contributed by atoms with Gasteiger partial charge in [-0.3, -0.25) is 0 Å². The van der Waals surface area contributed by atoms with E-state index in [0.717, 1.165) is 0 Å². The molecule has 3 unspecified atom stereocenters. The van der Waals surface area contributed by atoms with Crippen molar-refractivity contribution in [3.05, 3.63) is 0 Å². The molecule has 0 aromatic rings. The first-order chi connectivity index (χ1) is 9.29. The van der Waals surface area contributed by atoms with E-state index in [1.807, 2.05) is 0 Å². The molecule has 8 atom stereocenters. The van der Waals surface area contributed by atoms with Gasteiger partial charge in [-0.05, 0) is 6.92 Å². The summed E-state index contributed by atoms with van der Waals surface area (Å²) in [6.45, 7) is 0.231. The van der Waals surface area contributed by atoms with Gasteiger partial charge in [0, 0.05) is 0 Å². The predicted octanol–water partition coefficient (Wildman–Crippen LogP) is -4.09. The molecular formula is C11H22O9. The summed E-state index contributed by atoms with van der Waals surface area (Å²) in [7, 11) is 0. The maximum absolute atomic E-state index is 9.64. The third-order valence-corrected chi connectivity index (χ3v) is 3.22. The summed E-state index contributed by atoms with van der Waals surface area (Å²) in [5, 5.41) is 65.3. The summed E-state index contributed by atoms with van der Waals surface area (Å²) < 4.78 is 10.1. The van der Waals surface area contributed by atoms with Gasteiger partial charge in [0.2, 0.25) is 0 Å². The molecule has 1 aliphatic rings. The van der Waals surface area contributed by atoms with Crippen molar-refractivity contribution in [2.45, 2.75) is 55.9 Å². The quantitative estimate of drug-likeness (QED) is 0.258. The largest absolute Gasteiger partial charge is 0.394 e. The number of ether oxygens (including phenoxy) is 2. The summed E-state index contributed by atoms with van der Waals surface area (Å²) >= 11 is 0. The van der Waals surface area contributed by atoms with E-state index in [2.05, 4.69) is 0 Å². The van der Waals surface area contributed by atoms with E-state index < -0.39 is 62.2 Å². The number of aliphatic hydroxyl groups is 7. The first kappa shape index (κ1) is 17.7. The first-order valence-electron chi connectivity index (χ1n) is 6.26. The molecule has 0 spiro atoms. The molecule has 0 aromatic heterocycles. The molecule has 1 heterocycles. The second-order valence-corrected chi connectivity index (χ2v) is 4.82. The smallest absolute Gasteiger partial charge is 0.186 e. The molecule has 0 saturated carbocycles. The normalized spacial score (nSPS) is 39.3. The van der Waals surface area contributed by atoms with Crippen LogP contribution < -0.4 is 0 Å². The molecule has 20 heavy (non-hydrogen) atoms. The van der Waals surface area contributed by atoms with E-state index in [9.17, 15) is 25.5 Å². The maximum Gasteiger partial charge on any atom is 0.186 e. The van der Waals surface area contributed by atoms with Crippen LogP contribution in [0, 0.1) is 0 Å². The Morgan fingerprint density at radius 1 is 1.00 bits per heavy atom. The van der Waals surface area contributed by atoms with Crippen molar-refractivity contribution in [1.82, 2.24) is 0 Å². The van der Waals surface area contributed by atoms with Gasteiger partial charge in [0.15, 0.2) is 6.29 Å². The molecule has 1 aliphatic heterocycles. The van der Waals surface area contributed by atoms with Crippen LogP contribution in [0.2, 0.25) is 0 Å². The van der Waals surface area contributed by atoms with Crippen molar-refractivity contribution in [2.24, 2.45) is 0 Å². The van der Waals surface area contributed by atoms with Gasteiger partial charge >= 0.3 is 0 Å². The van der Waals surface area contributed by atoms with E-state index in [4.69, 9.17) is 19.7 Å². The fourth-order valence-corrected chi connectivity index (χ4v) is 1.81. The summed E-state index contributed by atoms with van der Waals surface area (Å²) in [6.07, 6.45) is -11.0. The SMILES string of the molecule is CC1O[C@@H](OC[C@@H](O)[C@@H](O)C(O)CO)[C@@H](O)C(O)[C@@H]1O. The lowest BCUT2D eigenvalue weighted by Gasteiger charge is -2.39. The van der Waals surface area contributed by atoms with Crippen LogP contribution in [0.5, 0.6) is 0 Å². The number of hydrogen-bond acceptors (Lipinski definition) is 9. The van der Waals surface area contributed by atoms with Crippen LogP contribution in [-0.2, 0) is 9.47 Å². The van der Waals surface area contributed by atoms with E-state index in [1.165, 1.54) is 6.92 Å². The van der Waals surface area contributed by atoms with Crippen molar-refractivity contribution < 1.29 is 45.2 Å². The third kappa shape index (κ3) is 4.07. The van der Waals surface area contributed by atoms with Crippen molar-refractivity contribution in [1.29, 1.82) is 0 Å². The van der Waals surface area contributed by atoms with Gasteiger partial charge in [0.25, 0.3) is 0 Å². The van der Waals surface area contributed by atoms with Crippen LogP contribution in [0.25, 0.3) is 0 Å². The number of hydrogen-bond donors (Lipinski definition) is 7. The Morgan fingerprint density at radius 3 is 2.15 bits per heavy atom. The minimum absolute atomic E-state index is 0.504. The van der Waals surface area contributed by atoms with Gasteiger partial charge in [-0.25, -0.2) is 0 Å². The van der Waals surface area contributed by atoms with Crippen molar-refractivity contribution in [3.8, 4) is 0 Å². The summed E-state index contributed by atoms with van der Waals surface area (Å²) in [5.41, 5.74) is 0. The molecule has 9 nitrogen and oxygen atoms in total. The second-order valence-electron chi connectivity index (χ2n) is 4.82. The third-order valence-electron chi connectivity index (χ3n) is 3.22. The Bertz CT molecular complexity index is 289. The topological polar surface area (TPSA) is 160 Å². The predicted molar refractivity (Wildman–Crippen MR) is 63.4 cm³/mol. The van der Waals surface area contributed by atoms with Gasteiger partial charge < -0.3 is 45.2 Å². The zero-order valence-electron chi connectivity index (χ0n) is 11.0. The molecule has 9 heteroatoms. The highest BCUT2D eigenvalue weighted by Gasteiger charge is 2.42. The molecular weight excluding hydrogens is 276 g/mol. The van der Waals surface area contributed by atoms with E-state index in [-0.39, 0.29) is 0 Å². The van der Waals surface area contributed by atoms with Crippen molar-refractivity contribution in [2.75, 3.05) is 13.2 Å². The number of rotatable bonds is 6. The molecule has 1 fully saturated rings. The lowest BCUT2D eigenvalue weighted by molar-refractivity contribution is -0.299. The summed E-state index contributed by atoms with van der Waals surface area (Å²) in [5.74, 6) is 0. The summed E-state index contributed by atoms with van der Waals surface area (Å²) in [4.78, 5) is 0. The highest BCUT2D eigenvalue weighted by atomic mass is 16.7. The van der Waals surface area contributed by atoms with Crippen molar-refractivity contribution >= 4 is 0 Å². The molecule has 0 amide bonds. The first-order valence-corrected chi connectivity index (χ1v) is 6.26. The lowest BCUT2D eigenvalue weighted by Crippen LogP contribution is -2.57. The Hall–Kier alpha value is -0.360. The standard InChI is InChI=1S/C11H22O9/c1-4-7(15)9(17)10(18)11(20-4)19-3-6(14)8(16)5(13)2-12/h4-18H,2-3H2,1H3/t4?,5?,6-,7-,8+,9?,10+,11-/m1/s1. The maximum atomic E-state index is 9.64. The second kappa shape index (κ2) is 7.59. The highest BCUT2D eigenvalue weighted by Crippen LogP contribution is 2.22. The summed E-state index contributed by atoms with van der Waals surface area (Å²) in [6, 6.07) is 0. The van der Waals surface area contributed by atoms with E-state index in [1.54, 1.807) is 0 Å². The van der Waals surface area contributed by atoms with Gasteiger partial charge in [-0.1, -0.05) is 0 Å². The van der Waals surface area contributed by atoms with Crippen LogP contribution in [0.3, 0.4) is 0 Å². The zero-order chi connectivity index (χ0) is 15.4. The number of aliphatic hydroxyl groups excluding tert-OH is 7. The van der Waals surface area contributed by atoms with E-state index >= 15 is 0 Å². The van der Waals surface area contributed by atoms with Gasteiger partial charge in [-0.2, -0.15) is 0 Å². The molecule has 1 rings (SSSR count). The molecule has 0 aliphatic carbocycles. The molecule has 0 radical (unpaired) electrons. The van der Waals surface area contributed by atoms with Crippen LogP contribution in [0.1, 0.15) is 6.92 Å². The van der Waals surface area contributed by atoms with E-state index in [0.29, 0.717) is 0 Å². The van der Waals surface area contributed by atoms with Crippen LogP contribution in [-0.4, -0.2) is 98.0 Å². The molecule has 7 N–H and O–H groups in total. The lowest BCUT2D eigenvalue weighted by atomic mass is 10.00. The van der Waals surface area contributed by atoms with Gasteiger partial charge in [-0.15, -0.1) is 0 Å². The van der Waals surface area contributed by atoms with Gasteiger partial charge in [0.05, 0.1) is 19.3 Å². The van der Waals surface area contributed by atoms with Crippen LogP contribution >= 0.6 is 0 Å². The average molecular weight is 298 g/mol. The van der Waals surface area contributed by atoms with Crippen LogP contribution in [0.4, 0.5) is 0 Å². The van der Waals surface area contributed by atoms with Crippen LogP contribution in [0.15, 0.2) is 0 Å². The Kier molecular flexibility index (Phi) is 6.72. The molecule has 0 bridgehead atoms. The minimum Gasteiger partial charge on any atom is -0.394 e. The Balaban J connectivity index is 2.48. The Labute approximate surface area is 115 Å². The molecule has 0 aromatic carbocycles. The molecule has 1 saturated heterocycles. The monoisotopic (exact) mass is 298 g/mol. The fourth-order valence-electron chi connectivity index (χ4n) is 1.81. The Morgan fingerprint density at radius 2 is 1.60 bits per heavy atom. The van der Waals surface area contributed by atoms with Crippen molar-refractivity contribution in [3.63, 3.8) is 0 Å². The van der Waals surface area contributed by atoms with Gasteiger partial charge in [0.1, 0.15) is 36.6 Å².